The number of benzene rings is 1. The molecule has 1 aliphatic rings. The van der Waals surface area contributed by atoms with E-state index in [0.29, 0.717) is 45.7 Å². The molecule has 0 spiro atoms. The van der Waals surface area contributed by atoms with Crippen LogP contribution in [0.4, 0.5) is 5.95 Å². The van der Waals surface area contributed by atoms with Crippen LogP contribution in [0.2, 0.25) is 0 Å². The molecule has 0 bridgehead atoms. The quantitative estimate of drug-likeness (QED) is 0.375. The zero-order valence-corrected chi connectivity index (χ0v) is 23.5. The molecule has 1 fully saturated rings. The van der Waals surface area contributed by atoms with E-state index >= 15 is 0 Å². The smallest absolute Gasteiger partial charge is 0.256 e. The van der Waals surface area contributed by atoms with E-state index in [4.69, 9.17) is 15.5 Å². The van der Waals surface area contributed by atoms with Crippen LogP contribution in [0.5, 0.6) is 11.6 Å². The molecule has 1 aromatic carbocycles. The van der Waals surface area contributed by atoms with E-state index in [2.05, 4.69) is 42.1 Å². The van der Waals surface area contributed by atoms with Crippen molar-refractivity contribution in [2.24, 2.45) is 16.1 Å². The summed E-state index contributed by atoms with van der Waals surface area (Å²) in [7, 11) is 3.72. The van der Waals surface area contributed by atoms with Gasteiger partial charge in [0.1, 0.15) is 23.4 Å². The van der Waals surface area contributed by atoms with Crippen molar-refractivity contribution >= 4 is 28.7 Å². The lowest BCUT2D eigenvalue weighted by Crippen LogP contribution is -2.31. The number of ether oxygens (including phenoxy) is 1. The molecule has 11 nitrogen and oxygen atoms in total. The molecule has 11 heteroatoms. The summed E-state index contributed by atoms with van der Waals surface area (Å²) in [6, 6.07) is 5.23. The van der Waals surface area contributed by atoms with Gasteiger partial charge in [0.2, 0.25) is 11.8 Å². The van der Waals surface area contributed by atoms with Crippen molar-refractivity contribution in [1.29, 1.82) is 0 Å². The number of allylic oxidation sites excluding steroid dienone is 1. The third kappa shape index (κ3) is 6.85. The van der Waals surface area contributed by atoms with Gasteiger partial charge < -0.3 is 25.6 Å². The molecule has 3 aromatic rings. The fourth-order valence-electron chi connectivity index (χ4n) is 3.96. The van der Waals surface area contributed by atoms with Crippen LogP contribution < -0.4 is 20.7 Å². The molecule has 4 rings (SSSR count). The van der Waals surface area contributed by atoms with E-state index in [1.165, 1.54) is 6.33 Å². The number of hydrogen-bond acceptors (Lipinski definition) is 10. The standard InChI is InChI=1S/C28H37N9O2/c1-18-8-9-19(25(38)34-23(30-5)15-22(29)28(2,3)4)14-21(18)39-26-24-20(32-17-33-26)16-31-27(35-24)37-11-7-10-36(6)12-13-37/h8-9,14-17H,7,10-13,29H2,1-6H3,(H,30,34,38). The highest BCUT2D eigenvalue weighted by molar-refractivity contribution is 6.10. The van der Waals surface area contributed by atoms with Crippen molar-refractivity contribution in [3.8, 4) is 11.6 Å². The van der Waals surface area contributed by atoms with Crippen LogP contribution in [-0.4, -0.2) is 76.9 Å². The minimum absolute atomic E-state index is 0.251. The molecule has 0 atom stereocenters. The maximum Gasteiger partial charge on any atom is 0.256 e. The molecular weight excluding hydrogens is 494 g/mol. The van der Waals surface area contributed by atoms with E-state index in [1.807, 2.05) is 33.8 Å². The van der Waals surface area contributed by atoms with Crippen LogP contribution in [-0.2, 0) is 0 Å². The number of aliphatic imine (C=N–C) groups is 1. The Bertz CT molecular complexity index is 1410. The third-order valence-corrected chi connectivity index (χ3v) is 6.63. The Balaban J connectivity index is 1.59. The molecule has 0 aliphatic carbocycles. The average Bonchev–Trinajstić information content (AvgIpc) is 3.13. The number of carbonyl (C=O) groups excluding carboxylic acids is 1. The number of amidine groups is 1. The lowest BCUT2D eigenvalue weighted by molar-refractivity contribution is 0.0977. The monoisotopic (exact) mass is 531 g/mol. The number of likely N-dealkylation sites (N-methyl/N-ethyl adjacent to an activating group) is 1. The molecule has 206 valence electrons. The van der Waals surface area contributed by atoms with Gasteiger partial charge in [0.05, 0.1) is 6.20 Å². The molecule has 3 N–H and O–H groups in total. The summed E-state index contributed by atoms with van der Waals surface area (Å²) < 4.78 is 6.23. The first-order valence-corrected chi connectivity index (χ1v) is 13.0. The van der Waals surface area contributed by atoms with E-state index in [9.17, 15) is 4.79 Å². The SMILES string of the molecule is CN=C(C=C(N)C(C)(C)C)NC(=O)c1ccc(C)c(Oc2ncnc3cnc(N4CCCN(C)CC4)nc23)c1. The first-order chi connectivity index (χ1) is 18.5. The van der Waals surface area contributed by atoms with Crippen molar-refractivity contribution < 1.29 is 9.53 Å². The number of aromatic nitrogens is 4. The van der Waals surface area contributed by atoms with Gasteiger partial charge in [-0.2, -0.15) is 4.98 Å². The normalized spacial score (nSPS) is 15.8. The van der Waals surface area contributed by atoms with Crippen molar-refractivity contribution in [2.75, 3.05) is 45.2 Å². The Labute approximate surface area is 229 Å². The molecule has 39 heavy (non-hydrogen) atoms. The zero-order chi connectivity index (χ0) is 28.2. The summed E-state index contributed by atoms with van der Waals surface area (Å²) in [6.07, 6.45) is 5.82. The van der Waals surface area contributed by atoms with Gasteiger partial charge in [-0.15, -0.1) is 0 Å². The summed E-state index contributed by atoms with van der Waals surface area (Å²) >= 11 is 0. The second-order valence-electron chi connectivity index (χ2n) is 10.7. The van der Waals surface area contributed by atoms with Crippen LogP contribution in [0.3, 0.4) is 0 Å². The third-order valence-electron chi connectivity index (χ3n) is 6.63. The molecule has 0 saturated carbocycles. The van der Waals surface area contributed by atoms with E-state index in [1.54, 1.807) is 31.5 Å². The number of nitrogens with zero attached hydrogens (tertiary/aromatic N) is 7. The highest BCUT2D eigenvalue weighted by Crippen LogP contribution is 2.29. The van der Waals surface area contributed by atoms with Gasteiger partial charge in [-0.05, 0) is 50.7 Å². The number of rotatable bonds is 5. The Kier molecular flexibility index (Phi) is 8.39. The molecule has 1 saturated heterocycles. The van der Waals surface area contributed by atoms with Gasteiger partial charge in [-0.3, -0.25) is 9.79 Å². The maximum atomic E-state index is 13.1. The number of nitrogens with one attached hydrogen (secondary N) is 1. The van der Waals surface area contributed by atoms with Gasteiger partial charge in [0.15, 0.2) is 5.52 Å². The van der Waals surface area contributed by atoms with Gasteiger partial charge >= 0.3 is 0 Å². The predicted molar refractivity (Wildman–Crippen MR) is 153 cm³/mol. The van der Waals surface area contributed by atoms with E-state index in [-0.39, 0.29) is 11.3 Å². The number of hydrogen-bond donors (Lipinski definition) is 2. The number of aryl methyl sites for hydroxylation is 1. The van der Waals surface area contributed by atoms with Crippen LogP contribution >= 0.6 is 0 Å². The summed E-state index contributed by atoms with van der Waals surface area (Å²) in [5, 5.41) is 2.82. The lowest BCUT2D eigenvalue weighted by Gasteiger charge is -2.20. The summed E-state index contributed by atoms with van der Waals surface area (Å²) in [5.74, 6) is 1.45. The van der Waals surface area contributed by atoms with Crippen molar-refractivity contribution in [2.45, 2.75) is 34.1 Å². The van der Waals surface area contributed by atoms with Gasteiger partial charge in [0.25, 0.3) is 5.91 Å². The first kappa shape index (κ1) is 27.9. The largest absolute Gasteiger partial charge is 0.437 e. The van der Waals surface area contributed by atoms with E-state index < -0.39 is 0 Å². The van der Waals surface area contributed by atoms with Crippen LogP contribution in [0.25, 0.3) is 11.0 Å². The molecule has 1 aliphatic heterocycles. The number of fused-ring (bicyclic) bond motifs is 1. The fourth-order valence-corrected chi connectivity index (χ4v) is 3.96. The molecule has 0 radical (unpaired) electrons. The number of nitrogens with two attached hydrogens (primary N) is 1. The highest BCUT2D eigenvalue weighted by Gasteiger charge is 2.19. The molecule has 0 unspecified atom stereocenters. The van der Waals surface area contributed by atoms with Crippen LogP contribution in [0, 0.1) is 12.3 Å². The predicted octanol–water partition coefficient (Wildman–Crippen LogP) is 3.31. The lowest BCUT2D eigenvalue weighted by atomic mass is 9.92. The first-order valence-electron chi connectivity index (χ1n) is 13.0. The van der Waals surface area contributed by atoms with Crippen molar-refractivity contribution in [3.05, 3.63) is 53.6 Å². The summed E-state index contributed by atoms with van der Waals surface area (Å²) in [6.45, 7) is 11.6. The number of anilines is 1. The average molecular weight is 532 g/mol. The molecule has 3 heterocycles. The minimum atomic E-state index is -0.332. The Morgan fingerprint density at radius 1 is 1.15 bits per heavy atom. The summed E-state index contributed by atoms with van der Waals surface area (Å²) in [4.78, 5) is 39.7. The van der Waals surface area contributed by atoms with E-state index in [0.717, 1.165) is 38.2 Å². The molecule has 2 aromatic heterocycles. The highest BCUT2D eigenvalue weighted by atomic mass is 16.5. The Hall–Kier alpha value is -4.12. The second-order valence-corrected chi connectivity index (χ2v) is 10.7. The zero-order valence-electron chi connectivity index (χ0n) is 23.5. The number of amides is 1. The summed E-state index contributed by atoms with van der Waals surface area (Å²) in [5.41, 5.74) is 8.86. The topological polar surface area (TPSA) is 135 Å². The fraction of sp³-hybridized carbons (Fsp3) is 0.429. The van der Waals surface area contributed by atoms with Crippen LogP contribution in [0.15, 0.2) is 47.5 Å². The minimum Gasteiger partial charge on any atom is -0.437 e. The molecule has 1 amide bonds. The Morgan fingerprint density at radius 2 is 1.95 bits per heavy atom. The van der Waals surface area contributed by atoms with Crippen LogP contribution in [0.1, 0.15) is 43.1 Å². The Morgan fingerprint density at radius 3 is 2.69 bits per heavy atom. The van der Waals surface area contributed by atoms with Gasteiger partial charge in [-0.25, -0.2) is 15.0 Å². The van der Waals surface area contributed by atoms with Crippen molar-refractivity contribution in [1.82, 2.24) is 30.2 Å². The molecular formula is C28H37N9O2. The van der Waals surface area contributed by atoms with Gasteiger partial charge in [-0.1, -0.05) is 26.8 Å². The second kappa shape index (κ2) is 11.7. The maximum absolute atomic E-state index is 13.1. The van der Waals surface area contributed by atoms with Gasteiger partial charge in [0, 0.05) is 43.4 Å². The number of carbonyl (C=O) groups is 1. The van der Waals surface area contributed by atoms with Crippen molar-refractivity contribution in [3.63, 3.8) is 0 Å².